The van der Waals surface area contributed by atoms with Crippen molar-refractivity contribution in [2.24, 2.45) is 0 Å². The molecule has 0 unspecified atom stereocenters. The van der Waals surface area contributed by atoms with Crippen LogP contribution in [-0.4, -0.2) is 47.1 Å². The fourth-order valence-corrected chi connectivity index (χ4v) is 2.02. The molecule has 0 saturated heterocycles. The summed E-state index contributed by atoms with van der Waals surface area (Å²) in [5.74, 6) is 0.707. The second-order valence-electron chi connectivity index (χ2n) is 7.24. The van der Waals surface area contributed by atoms with Crippen LogP contribution in [0.3, 0.4) is 0 Å². The summed E-state index contributed by atoms with van der Waals surface area (Å²) in [6.45, 7) is 16.4. The van der Waals surface area contributed by atoms with E-state index in [-0.39, 0.29) is 5.97 Å². The number of hydrogen-bond donors (Lipinski definition) is 0. The Morgan fingerprint density at radius 3 is 1.53 bits per heavy atom. The van der Waals surface area contributed by atoms with Crippen LogP contribution in [0.25, 0.3) is 0 Å². The van der Waals surface area contributed by atoms with Crippen LogP contribution in [-0.2, 0) is 25.4 Å². The van der Waals surface area contributed by atoms with Crippen molar-refractivity contribution >= 4 is 5.97 Å². The molecule has 5 nitrogen and oxygen atoms in total. The van der Waals surface area contributed by atoms with E-state index in [2.05, 4.69) is 61.4 Å². The number of ether oxygens (including phenoxy) is 4. The highest BCUT2D eigenvalue weighted by Gasteiger charge is 1.88. The van der Waals surface area contributed by atoms with E-state index >= 15 is 0 Å². The van der Waals surface area contributed by atoms with E-state index in [4.69, 9.17) is 9.47 Å². The zero-order chi connectivity index (χ0) is 26.6. The minimum absolute atomic E-state index is 0.245. The number of carbonyl (C=O) groups excluding carboxylic acids is 1. The molecule has 0 aliphatic heterocycles. The minimum Gasteiger partial charge on any atom is -0.494 e. The normalized spacial score (nSPS) is 8.76. The Labute approximate surface area is 209 Å². The lowest BCUT2D eigenvalue weighted by Gasteiger charge is -2.01. The van der Waals surface area contributed by atoms with Crippen molar-refractivity contribution < 1.29 is 23.7 Å². The predicted octanol–water partition coefficient (Wildman–Crippen LogP) is 7.22. The number of esters is 1. The highest BCUT2D eigenvalue weighted by Crippen LogP contribution is 2.10. The first kappa shape index (κ1) is 36.2. The zero-order valence-corrected chi connectivity index (χ0v) is 23.4. The maximum Gasteiger partial charge on any atom is 0.302 e. The predicted molar refractivity (Wildman–Crippen MR) is 145 cm³/mol. The fraction of sp³-hybridized carbons (Fsp3) is 0.552. The lowest BCUT2D eigenvalue weighted by molar-refractivity contribution is -0.137. The molecule has 0 amide bonds. The molecule has 0 N–H and O–H groups in total. The summed E-state index contributed by atoms with van der Waals surface area (Å²) in [7, 11) is 4.60. The smallest absolute Gasteiger partial charge is 0.302 e. The van der Waals surface area contributed by atoms with Gasteiger partial charge in [0.1, 0.15) is 5.75 Å². The van der Waals surface area contributed by atoms with Gasteiger partial charge < -0.3 is 18.9 Å². The summed E-state index contributed by atoms with van der Waals surface area (Å²) in [6, 6.07) is 16.7. The van der Waals surface area contributed by atoms with Crippen LogP contribution in [0.15, 0.2) is 48.5 Å². The average Bonchev–Trinajstić information content (AvgIpc) is 2.83. The quantitative estimate of drug-likeness (QED) is 0.311. The van der Waals surface area contributed by atoms with Gasteiger partial charge in [0, 0.05) is 34.4 Å². The third kappa shape index (κ3) is 29.6. The van der Waals surface area contributed by atoms with Crippen molar-refractivity contribution in [3.63, 3.8) is 0 Å². The molecular weight excluding hydrogens is 428 g/mol. The first-order chi connectivity index (χ1) is 16.2. The van der Waals surface area contributed by atoms with Gasteiger partial charge in [0.15, 0.2) is 0 Å². The number of aryl methyl sites for hydroxylation is 3. The van der Waals surface area contributed by atoms with Crippen molar-refractivity contribution in [1.29, 1.82) is 0 Å². The molecule has 2 aromatic rings. The Morgan fingerprint density at radius 2 is 1.21 bits per heavy atom. The Kier molecular flexibility index (Phi) is 30.5. The number of unbranched alkanes of at least 4 members (excludes halogenated alkanes) is 1. The number of hydrogen-bond acceptors (Lipinski definition) is 5. The molecule has 0 spiro atoms. The number of benzene rings is 2. The SMILES string of the molecule is CCCCOCC.CCOc1ccc(C)cc1.CCc1ccc(C)cc1.COC.COC(C)=O. The topological polar surface area (TPSA) is 54.0 Å². The maximum absolute atomic E-state index is 9.59. The zero-order valence-electron chi connectivity index (χ0n) is 23.4. The van der Waals surface area contributed by atoms with Gasteiger partial charge in [0.25, 0.3) is 0 Å². The van der Waals surface area contributed by atoms with E-state index in [0.717, 1.165) is 32.0 Å². The van der Waals surface area contributed by atoms with Crippen molar-refractivity contribution in [2.45, 2.75) is 67.7 Å². The monoisotopic (exact) mass is 478 g/mol. The summed E-state index contributed by atoms with van der Waals surface area (Å²) >= 11 is 0. The van der Waals surface area contributed by atoms with Gasteiger partial charge in [-0.25, -0.2) is 0 Å². The molecule has 0 saturated carbocycles. The molecule has 2 aromatic carbocycles. The van der Waals surface area contributed by atoms with Crippen LogP contribution < -0.4 is 4.74 Å². The van der Waals surface area contributed by atoms with Gasteiger partial charge in [0.05, 0.1) is 13.7 Å². The summed E-state index contributed by atoms with van der Waals surface area (Å²) in [4.78, 5) is 9.59. The summed E-state index contributed by atoms with van der Waals surface area (Å²) in [6.07, 6.45) is 3.58. The van der Waals surface area contributed by atoms with Crippen LogP contribution in [0, 0.1) is 13.8 Å². The van der Waals surface area contributed by atoms with Crippen molar-refractivity contribution in [3.8, 4) is 5.75 Å². The van der Waals surface area contributed by atoms with Crippen molar-refractivity contribution in [2.75, 3.05) is 41.2 Å². The second-order valence-corrected chi connectivity index (χ2v) is 7.24. The first-order valence-corrected chi connectivity index (χ1v) is 12.0. The van der Waals surface area contributed by atoms with Crippen molar-refractivity contribution in [3.05, 3.63) is 65.2 Å². The molecule has 0 atom stereocenters. The van der Waals surface area contributed by atoms with Gasteiger partial charge in [0.2, 0.25) is 0 Å². The summed E-state index contributed by atoms with van der Waals surface area (Å²) < 4.78 is 18.7. The number of methoxy groups -OCH3 is 2. The minimum atomic E-state index is -0.245. The highest BCUT2D eigenvalue weighted by atomic mass is 16.5. The summed E-state index contributed by atoms with van der Waals surface area (Å²) in [5.41, 5.74) is 4.02. The first-order valence-electron chi connectivity index (χ1n) is 12.0. The highest BCUT2D eigenvalue weighted by molar-refractivity contribution is 5.65. The Bertz CT molecular complexity index is 647. The third-order valence-corrected chi connectivity index (χ3v) is 3.99. The van der Waals surface area contributed by atoms with Gasteiger partial charge in [-0.15, -0.1) is 0 Å². The van der Waals surface area contributed by atoms with Crippen LogP contribution in [0.4, 0.5) is 0 Å². The standard InChI is InChI=1S/C9H12O.C9H12.C6H14O.C3H6O2.C2H6O/c1-3-10-9-6-4-8(2)5-7-9;1-3-9-6-4-8(2)5-7-9;1-3-5-6-7-4-2;1-3(4)5-2;1-3-2/h4-7H,3H2,1-2H3;4-7H,3H2,1-2H3;3-6H2,1-2H3;1-2H3;1-2H3. The molecule has 0 radical (unpaired) electrons. The largest absolute Gasteiger partial charge is 0.494 e. The molecule has 0 aromatic heterocycles. The van der Waals surface area contributed by atoms with Crippen LogP contribution in [0.5, 0.6) is 5.75 Å². The molecular formula is C29H50O5. The maximum atomic E-state index is 9.59. The van der Waals surface area contributed by atoms with Gasteiger partial charge in [-0.2, -0.15) is 0 Å². The fourth-order valence-electron chi connectivity index (χ4n) is 2.02. The molecule has 0 aliphatic rings. The van der Waals surface area contributed by atoms with E-state index < -0.39 is 0 Å². The molecule has 0 bridgehead atoms. The van der Waals surface area contributed by atoms with E-state index in [0.29, 0.717) is 0 Å². The van der Waals surface area contributed by atoms with Crippen LogP contribution >= 0.6 is 0 Å². The van der Waals surface area contributed by atoms with E-state index in [1.54, 1.807) is 14.2 Å². The Morgan fingerprint density at radius 1 is 0.765 bits per heavy atom. The average molecular weight is 479 g/mol. The second kappa shape index (κ2) is 28.7. The van der Waals surface area contributed by atoms with Crippen LogP contribution in [0.1, 0.15) is 64.2 Å². The Balaban J connectivity index is -0.000000372. The lowest BCUT2D eigenvalue weighted by atomic mass is 10.1. The van der Waals surface area contributed by atoms with E-state index in [1.807, 2.05) is 38.1 Å². The van der Waals surface area contributed by atoms with Crippen LogP contribution in [0.2, 0.25) is 0 Å². The Hall–Kier alpha value is -2.37. The number of carbonyl (C=O) groups is 1. The lowest BCUT2D eigenvalue weighted by Crippen LogP contribution is -1.90. The molecule has 0 aliphatic carbocycles. The van der Waals surface area contributed by atoms with Crippen molar-refractivity contribution in [1.82, 2.24) is 0 Å². The van der Waals surface area contributed by atoms with Gasteiger partial charge in [-0.3, -0.25) is 4.79 Å². The third-order valence-electron chi connectivity index (χ3n) is 3.99. The number of rotatable bonds is 7. The van der Waals surface area contributed by atoms with E-state index in [1.165, 1.54) is 43.6 Å². The molecule has 5 heteroatoms. The molecule has 196 valence electrons. The van der Waals surface area contributed by atoms with E-state index in [9.17, 15) is 4.79 Å². The van der Waals surface area contributed by atoms with Gasteiger partial charge in [-0.05, 0) is 58.2 Å². The van der Waals surface area contributed by atoms with Gasteiger partial charge in [-0.1, -0.05) is 67.8 Å². The molecule has 2 rings (SSSR count). The summed E-state index contributed by atoms with van der Waals surface area (Å²) in [5, 5.41) is 0. The molecule has 0 heterocycles. The molecule has 0 fully saturated rings. The van der Waals surface area contributed by atoms with Gasteiger partial charge >= 0.3 is 5.97 Å². The molecule has 34 heavy (non-hydrogen) atoms.